The molecule has 0 aliphatic heterocycles. The molecule has 0 fully saturated rings. The fourth-order valence-electron chi connectivity index (χ4n) is 1.25. The monoisotopic (exact) mass is 140 g/mol. The first-order valence-electron chi connectivity index (χ1n) is 3.61. The first-order chi connectivity index (χ1) is 5.38. The first kappa shape index (κ1) is 6.21. The van der Waals surface area contributed by atoms with E-state index in [0.29, 0.717) is 0 Å². The molecule has 1 aliphatic rings. The molecule has 0 radical (unpaired) electrons. The van der Waals surface area contributed by atoms with Crippen molar-refractivity contribution in [1.82, 2.24) is 0 Å². The molecule has 0 atom stereocenters. The molecule has 0 saturated heterocycles. The van der Waals surface area contributed by atoms with Crippen LogP contribution in [0.5, 0.6) is 0 Å². The van der Waals surface area contributed by atoms with Gasteiger partial charge in [-0.15, -0.1) is 24.3 Å². The zero-order valence-electron chi connectivity index (χ0n) is 6.12. The van der Waals surface area contributed by atoms with Crippen LogP contribution in [-0.2, 0) is 0 Å². The lowest BCUT2D eigenvalue weighted by Crippen LogP contribution is -1.75. The minimum Gasteiger partial charge on any atom is -0.137 e. The third-order valence-electron chi connectivity index (χ3n) is 1.82. The van der Waals surface area contributed by atoms with Crippen molar-refractivity contribution in [3.8, 4) is 0 Å². The van der Waals surface area contributed by atoms with Crippen molar-refractivity contribution in [1.29, 1.82) is 0 Å². The standard InChI is InChI=1S/C11H8/c1-9-5-2-3-6-10-7-4-8-11(9)10/h1-8H. The molecule has 52 valence electrons. The summed E-state index contributed by atoms with van der Waals surface area (Å²) in [6, 6.07) is 6.11. The SMILES string of the molecule is [CH+]=C1C=CC=C[c-]2cccc21. The fraction of sp³-hybridized carbons (Fsp3) is 0. The molecule has 0 saturated carbocycles. The molecule has 1 aromatic rings. The van der Waals surface area contributed by atoms with E-state index >= 15 is 0 Å². The highest BCUT2D eigenvalue weighted by molar-refractivity contribution is 5.80. The van der Waals surface area contributed by atoms with Gasteiger partial charge in [0.25, 0.3) is 0 Å². The molecule has 11 heavy (non-hydrogen) atoms. The number of hydrogen-bond donors (Lipinski definition) is 0. The van der Waals surface area contributed by atoms with Gasteiger partial charge in [-0.25, -0.2) is 0 Å². The molecule has 0 spiro atoms. The second kappa shape index (κ2) is 2.26. The van der Waals surface area contributed by atoms with Gasteiger partial charge in [-0.2, -0.15) is 0 Å². The van der Waals surface area contributed by atoms with Crippen LogP contribution in [0.3, 0.4) is 0 Å². The van der Waals surface area contributed by atoms with Crippen LogP contribution in [0, 0.1) is 6.58 Å². The van der Waals surface area contributed by atoms with Gasteiger partial charge in [0.2, 0.25) is 0 Å². The molecule has 0 heterocycles. The Bertz CT molecular complexity index is 335. The van der Waals surface area contributed by atoms with Gasteiger partial charge in [0, 0.05) is 6.08 Å². The van der Waals surface area contributed by atoms with Gasteiger partial charge in [0.05, 0.1) is 0 Å². The molecule has 0 bridgehead atoms. The molecule has 0 nitrogen and oxygen atoms in total. The molecule has 1 aliphatic carbocycles. The second-order valence-electron chi connectivity index (χ2n) is 2.57. The Hall–Kier alpha value is -1.52. The predicted molar refractivity (Wildman–Crippen MR) is 47.9 cm³/mol. The largest absolute Gasteiger partial charge is 0.137 e. The van der Waals surface area contributed by atoms with Crippen LogP contribution in [0.25, 0.3) is 11.6 Å². The summed E-state index contributed by atoms with van der Waals surface area (Å²) in [5, 5.41) is 0. The van der Waals surface area contributed by atoms with Crippen molar-refractivity contribution >= 4 is 11.6 Å². The highest BCUT2D eigenvalue weighted by Gasteiger charge is 2.04. The molecule has 0 heteroatoms. The normalized spacial score (nSPS) is 14.6. The van der Waals surface area contributed by atoms with Crippen LogP contribution in [0.2, 0.25) is 0 Å². The predicted octanol–water partition coefficient (Wildman–Crippen LogP) is 2.80. The van der Waals surface area contributed by atoms with E-state index in [1.807, 2.05) is 30.4 Å². The van der Waals surface area contributed by atoms with Crippen LogP contribution in [-0.4, -0.2) is 0 Å². The van der Waals surface area contributed by atoms with E-state index in [1.54, 1.807) is 0 Å². The topological polar surface area (TPSA) is 0 Å². The van der Waals surface area contributed by atoms with E-state index in [0.717, 1.165) is 11.1 Å². The Balaban J connectivity index is 2.62. The van der Waals surface area contributed by atoms with E-state index in [-0.39, 0.29) is 0 Å². The quantitative estimate of drug-likeness (QED) is 0.486. The lowest BCUT2D eigenvalue weighted by Gasteiger charge is -1.93. The van der Waals surface area contributed by atoms with Gasteiger partial charge in [0.15, 0.2) is 0 Å². The summed E-state index contributed by atoms with van der Waals surface area (Å²) in [5.41, 5.74) is 3.18. The summed E-state index contributed by atoms with van der Waals surface area (Å²) in [5.74, 6) is 0. The third-order valence-corrected chi connectivity index (χ3v) is 1.82. The zero-order chi connectivity index (χ0) is 7.68. The summed E-state index contributed by atoms with van der Waals surface area (Å²) in [6.45, 7) is 5.78. The zero-order valence-corrected chi connectivity index (χ0v) is 6.12. The van der Waals surface area contributed by atoms with Crippen LogP contribution in [0.4, 0.5) is 0 Å². The smallest absolute Gasteiger partial charge is 0.123 e. The van der Waals surface area contributed by atoms with Gasteiger partial charge in [-0.3, -0.25) is 0 Å². The molecule has 1 aromatic carbocycles. The summed E-state index contributed by atoms with van der Waals surface area (Å²) in [7, 11) is 0. The highest BCUT2D eigenvalue weighted by Crippen LogP contribution is 2.23. The fourth-order valence-corrected chi connectivity index (χ4v) is 1.25. The van der Waals surface area contributed by atoms with E-state index in [9.17, 15) is 0 Å². The van der Waals surface area contributed by atoms with Crippen molar-refractivity contribution in [2.75, 3.05) is 0 Å². The van der Waals surface area contributed by atoms with Crippen LogP contribution in [0.15, 0.2) is 36.4 Å². The van der Waals surface area contributed by atoms with Crippen molar-refractivity contribution in [2.24, 2.45) is 0 Å². The minimum absolute atomic E-state index is 0.843. The summed E-state index contributed by atoms with van der Waals surface area (Å²) < 4.78 is 0. The maximum absolute atomic E-state index is 5.78. The third kappa shape index (κ3) is 0.938. The summed E-state index contributed by atoms with van der Waals surface area (Å²) in [4.78, 5) is 0. The van der Waals surface area contributed by atoms with E-state index in [1.165, 1.54) is 5.56 Å². The average molecular weight is 140 g/mol. The molecular formula is C11H8. The van der Waals surface area contributed by atoms with Gasteiger partial charge in [-0.05, 0) is 23.8 Å². The Morgan fingerprint density at radius 2 is 2.18 bits per heavy atom. The molecule has 0 aromatic heterocycles. The molecular weight excluding hydrogens is 132 g/mol. The Morgan fingerprint density at radius 3 is 3.09 bits per heavy atom. The molecule has 2 rings (SSSR count). The van der Waals surface area contributed by atoms with Crippen molar-refractivity contribution < 1.29 is 0 Å². The lowest BCUT2D eigenvalue weighted by atomic mass is 10.1. The van der Waals surface area contributed by atoms with Crippen LogP contribution >= 0.6 is 0 Å². The Kier molecular flexibility index (Phi) is 1.28. The van der Waals surface area contributed by atoms with Gasteiger partial charge >= 0.3 is 0 Å². The van der Waals surface area contributed by atoms with Crippen molar-refractivity contribution in [3.05, 3.63) is 54.1 Å². The van der Waals surface area contributed by atoms with Gasteiger partial charge in [0.1, 0.15) is 5.57 Å². The number of hydrogen-bond acceptors (Lipinski definition) is 0. The maximum Gasteiger partial charge on any atom is 0.123 e. The summed E-state index contributed by atoms with van der Waals surface area (Å²) >= 11 is 0. The van der Waals surface area contributed by atoms with Gasteiger partial charge in [-0.1, -0.05) is 6.07 Å². The number of fused-ring (bicyclic) bond motifs is 1. The van der Waals surface area contributed by atoms with E-state index in [4.69, 9.17) is 6.58 Å². The molecule has 0 amide bonds. The number of rotatable bonds is 0. The van der Waals surface area contributed by atoms with Crippen molar-refractivity contribution in [2.45, 2.75) is 0 Å². The minimum atomic E-state index is 0.843. The number of allylic oxidation sites excluding steroid dienone is 4. The summed E-state index contributed by atoms with van der Waals surface area (Å²) in [6.07, 6.45) is 7.93. The highest BCUT2D eigenvalue weighted by atomic mass is 14.1. The van der Waals surface area contributed by atoms with Crippen LogP contribution < -0.4 is 0 Å². The van der Waals surface area contributed by atoms with Crippen molar-refractivity contribution in [3.63, 3.8) is 0 Å². The lowest BCUT2D eigenvalue weighted by molar-refractivity contribution is 1.75. The molecule has 0 unspecified atom stereocenters. The second-order valence-corrected chi connectivity index (χ2v) is 2.57. The molecule has 0 N–H and O–H groups in total. The van der Waals surface area contributed by atoms with Crippen LogP contribution in [0.1, 0.15) is 11.1 Å². The average Bonchev–Trinajstić information content (AvgIpc) is 2.40. The Morgan fingerprint density at radius 1 is 1.27 bits per heavy atom. The van der Waals surface area contributed by atoms with E-state index < -0.39 is 0 Å². The van der Waals surface area contributed by atoms with E-state index in [2.05, 4.69) is 12.1 Å². The Labute approximate surface area is 66.5 Å². The first-order valence-corrected chi connectivity index (χ1v) is 3.61. The van der Waals surface area contributed by atoms with Gasteiger partial charge < -0.3 is 0 Å². The maximum atomic E-state index is 5.78.